The molecule has 0 spiro atoms. The molecule has 4 nitrogen and oxygen atoms in total. The van der Waals surface area contributed by atoms with Crippen LogP contribution < -0.4 is 5.32 Å². The maximum atomic E-state index is 4.44. The molecule has 0 saturated heterocycles. The number of benzene rings is 1. The van der Waals surface area contributed by atoms with Crippen LogP contribution in [0.25, 0.3) is 5.65 Å². The van der Waals surface area contributed by atoms with E-state index in [2.05, 4.69) is 49.7 Å². The van der Waals surface area contributed by atoms with E-state index in [-0.39, 0.29) is 0 Å². The minimum Gasteiger partial charge on any atom is -0.323 e. The van der Waals surface area contributed by atoms with E-state index < -0.39 is 0 Å². The normalized spacial score (nSPS) is 10.8. The monoisotopic (exact) mass is 334 g/mol. The zero-order chi connectivity index (χ0) is 13.2. The summed E-state index contributed by atoms with van der Waals surface area (Å²) < 4.78 is 2.66. The first kappa shape index (κ1) is 12.5. The highest BCUT2D eigenvalue weighted by atomic mass is 79.9. The SMILES string of the molecule is CSc1ccc(Nc2nc3c(Br)cccn3n2)cc1. The van der Waals surface area contributed by atoms with E-state index in [0.717, 1.165) is 15.8 Å². The Morgan fingerprint density at radius 3 is 2.68 bits per heavy atom. The Hall–Kier alpha value is -1.53. The fourth-order valence-electron chi connectivity index (χ4n) is 1.73. The summed E-state index contributed by atoms with van der Waals surface area (Å²) in [6.07, 6.45) is 3.93. The van der Waals surface area contributed by atoms with E-state index in [1.54, 1.807) is 16.3 Å². The third kappa shape index (κ3) is 2.59. The van der Waals surface area contributed by atoms with Crippen molar-refractivity contribution in [3.8, 4) is 0 Å². The maximum Gasteiger partial charge on any atom is 0.247 e. The summed E-state index contributed by atoms with van der Waals surface area (Å²) in [7, 11) is 0. The average molecular weight is 335 g/mol. The largest absolute Gasteiger partial charge is 0.323 e. The van der Waals surface area contributed by atoms with E-state index in [0.29, 0.717) is 5.95 Å². The summed E-state index contributed by atoms with van der Waals surface area (Å²) >= 11 is 5.18. The predicted molar refractivity (Wildman–Crippen MR) is 82.2 cm³/mol. The van der Waals surface area contributed by atoms with Crippen LogP contribution >= 0.6 is 27.7 Å². The van der Waals surface area contributed by atoms with E-state index in [1.165, 1.54) is 4.90 Å². The van der Waals surface area contributed by atoms with Gasteiger partial charge in [-0.2, -0.15) is 4.98 Å². The standard InChI is InChI=1S/C13H11BrN4S/c1-19-10-6-4-9(5-7-10)15-13-16-12-11(14)3-2-8-18(12)17-13/h2-8H,1H3,(H,15,17). The molecule has 0 atom stereocenters. The molecule has 0 unspecified atom stereocenters. The second-order valence-electron chi connectivity index (χ2n) is 3.91. The molecule has 1 N–H and O–H groups in total. The Kier molecular flexibility index (Phi) is 3.44. The predicted octanol–water partition coefficient (Wildman–Crippen LogP) is 3.96. The van der Waals surface area contributed by atoms with Gasteiger partial charge >= 0.3 is 0 Å². The Bertz CT molecular complexity index is 708. The molecule has 0 radical (unpaired) electrons. The van der Waals surface area contributed by atoms with Gasteiger partial charge in [-0.1, -0.05) is 0 Å². The molecule has 0 saturated carbocycles. The van der Waals surface area contributed by atoms with Gasteiger partial charge in [-0.3, -0.25) is 0 Å². The summed E-state index contributed by atoms with van der Waals surface area (Å²) in [6.45, 7) is 0. The van der Waals surface area contributed by atoms with Crippen molar-refractivity contribution in [2.75, 3.05) is 11.6 Å². The fraction of sp³-hybridized carbons (Fsp3) is 0.0769. The Labute approximate surface area is 123 Å². The van der Waals surface area contributed by atoms with Crippen LogP contribution in [0.2, 0.25) is 0 Å². The second kappa shape index (κ2) is 5.22. The summed E-state index contributed by atoms with van der Waals surface area (Å²) in [5.74, 6) is 0.587. The molecule has 3 rings (SSSR count). The van der Waals surface area contributed by atoms with Crippen molar-refractivity contribution < 1.29 is 0 Å². The van der Waals surface area contributed by atoms with Crippen LogP contribution in [0, 0.1) is 0 Å². The fourth-order valence-corrected chi connectivity index (χ4v) is 2.56. The molecule has 0 aliphatic carbocycles. The number of aromatic nitrogens is 3. The third-order valence-electron chi connectivity index (χ3n) is 2.66. The lowest BCUT2D eigenvalue weighted by molar-refractivity contribution is 0.962. The maximum absolute atomic E-state index is 4.44. The Morgan fingerprint density at radius 2 is 2.00 bits per heavy atom. The van der Waals surface area contributed by atoms with Gasteiger partial charge in [0.1, 0.15) is 0 Å². The number of pyridine rings is 1. The van der Waals surface area contributed by atoms with Gasteiger partial charge in [0.05, 0.1) is 4.47 Å². The highest BCUT2D eigenvalue weighted by Gasteiger charge is 2.06. The van der Waals surface area contributed by atoms with Gasteiger partial charge in [0.15, 0.2) is 5.65 Å². The topological polar surface area (TPSA) is 42.2 Å². The number of fused-ring (bicyclic) bond motifs is 1. The molecular weight excluding hydrogens is 324 g/mol. The number of halogens is 1. The van der Waals surface area contributed by atoms with E-state index in [4.69, 9.17) is 0 Å². The molecule has 0 fully saturated rings. The molecule has 0 amide bonds. The smallest absolute Gasteiger partial charge is 0.247 e. The summed E-state index contributed by atoms with van der Waals surface area (Å²) in [5.41, 5.74) is 1.77. The van der Waals surface area contributed by atoms with E-state index >= 15 is 0 Å². The molecule has 0 aliphatic heterocycles. The highest BCUT2D eigenvalue weighted by molar-refractivity contribution is 9.10. The molecule has 0 aliphatic rings. The first-order valence-electron chi connectivity index (χ1n) is 5.68. The van der Waals surface area contributed by atoms with E-state index in [1.807, 2.05) is 30.5 Å². The molecule has 6 heteroatoms. The summed E-state index contributed by atoms with van der Waals surface area (Å²) in [5, 5.41) is 7.57. The summed E-state index contributed by atoms with van der Waals surface area (Å²) in [6, 6.07) is 12.0. The van der Waals surface area contributed by atoms with Crippen LogP contribution in [0.5, 0.6) is 0 Å². The number of hydrogen-bond donors (Lipinski definition) is 1. The number of anilines is 2. The average Bonchev–Trinajstić information content (AvgIpc) is 2.84. The lowest BCUT2D eigenvalue weighted by Crippen LogP contribution is -1.92. The molecular formula is C13H11BrN4S. The van der Waals surface area contributed by atoms with Crippen molar-refractivity contribution in [2.45, 2.75) is 4.90 Å². The lowest BCUT2D eigenvalue weighted by Gasteiger charge is -2.02. The van der Waals surface area contributed by atoms with Crippen molar-refractivity contribution in [1.82, 2.24) is 14.6 Å². The van der Waals surface area contributed by atoms with Gasteiger partial charge in [0, 0.05) is 16.8 Å². The van der Waals surface area contributed by atoms with Crippen molar-refractivity contribution >= 4 is 45.0 Å². The van der Waals surface area contributed by atoms with Gasteiger partial charge in [-0.05, 0) is 58.6 Å². The van der Waals surface area contributed by atoms with Gasteiger partial charge < -0.3 is 5.32 Å². The first-order chi connectivity index (χ1) is 9.26. The number of nitrogens with one attached hydrogen (secondary N) is 1. The van der Waals surface area contributed by atoms with Gasteiger partial charge in [0.25, 0.3) is 0 Å². The van der Waals surface area contributed by atoms with Crippen LogP contribution in [-0.4, -0.2) is 20.9 Å². The zero-order valence-corrected chi connectivity index (χ0v) is 12.6. The number of thioether (sulfide) groups is 1. The minimum atomic E-state index is 0.587. The molecule has 3 aromatic rings. The number of rotatable bonds is 3. The van der Waals surface area contributed by atoms with Crippen molar-refractivity contribution in [2.24, 2.45) is 0 Å². The van der Waals surface area contributed by atoms with Gasteiger partial charge in [-0.25, -0.2) is 4.52 Å². The van der Waals surface area contributed by atoms with Crippen LogP contribution in [0.15, 0.2) is 52.0 Å². The molecule has 19 heavy (non-hydrogen) atoms. The van der Waals surface area contributed by atoms with Crippen LogP contribution in [0.3, 0.4) is 0 Å². The molecule has 2 heterocycles. The third-order valence-corrected chi connectivity index (χ3v) is 4.02. The van der Waals surface area contributed by atoms with Crippen molar-refractivity contribution in [3.63, 3.8) is 0 Å². The van der Waals surface area contributed by atoms with Gasteiger partial charge in [-0.15, -0.1) is 16.9 Å². The number of nitrogens with zero attached hydrogens (tertiary/aromatic N) is 3. The van der Waals surface area contributed by atoms with Crippen LogP contribution in [-0.2, 0) is 0 Å². The Morgan fingerprint density at radius 1 is 1.21 bits per heavy atom. The van der Waals surface area contributed by atoms with Crippen molar-refractivity contribution in [3.05, 3.63) is 47.1 Å². The van der Waals surface area contributed by atoms with E-state index in [9.17, 15) is 0 Å². The molecule has 1 aromatic carbocycles. The molecule has 2 aromatic heterocycles. The van der Waals surface area contributed by atoms with Crippen LogP contribution in [0.4, 0.5) is 11.6 Å². The van der Waals surface area contributed by atoms with Gasteiger partial charge in [0.2, 0.25) is 5.95 Å². The second-order valence-corrected chi connectivity index (χ2v) is 5.65. The zero-order valence-electron chi connectivity index (χ0n) is 10.2. The minimum absolute atomic E-state index is 0.587. The quantitative estimate of drug-likeness (QED) is 0.736. The highest BCUT2D eigenvalue weighted by Crippen LogP contribution is 2.21. The Balaban J connectivity index is 1.90. The summed E-state index contributed by atoms with van der Waals surface area (Å²) in [4.78, 5) is 5.67. The molecule has 0 bridgehead atoms. The first-order valence-corrected chi connectivity index (χ1v) is 7.70. The molecule has 96 valence electrons. The van der Waals surface area contributed by atoms with Crippen LogP contribution in [0.1, 0.15) is 0 Å². The lowest BCUT2D eigenvalue weighted by atomic mass is 10.3. The number of hydrogen-bond acceptors (Lipinski definition) is 4. The van der Waals surface area contributed by atoms with Crippen molar-refractivity contribution in [1.29, 1.82) is 0 Å².